The van der Waals surface area contributed by atoms with Crippen LogP contribution in [0.2, 0.25) is 0 Å². The average molecular weight is 348 g/mol. The summed E-state index contributed by atoms with van der Waals surface area (Å²) < 4.78 is 0. The molecule has 26 heavy (non-hydrogen) atoms. The summed E-state index contributed by atoms with van der Waals surface area (Å²) in [4.78, 5) is 14.6. The van der Waals surface area contributed by atoms with Gasteiger partial charge < -0.3 is 5.32 Å². The first-order valence-electron chi connectivity index (χ1n) is 9.52. The molecule has 3 nitrogen and oxygen atoms in total. The quantitative estimate of drug-likeness (QED) is 0.789. The zero-order valence-corrected chi connectivity index (χ0v) is 15.6. The van der Waals surface area contributed by atoms with Crippen molar-refractivity contribution in [2.75, 3.05) is 13.1 Å². The highest BCUT2D eigenvalue weighted by Gasteiger charge is 2.10. The lowest BCUT2D eigenvalue weighted by Crippen LogP contribution is -2.29. The first-order valence-corrected chi connectivity index (χ1v) is 9.52. The molecule has 3 rings (SSSR count). The van der Waals surface area contributed by atoms with Crippen LogP contribution in [0.1, 0.15) is 41.5 Å². The van der Waals surface area contributed by atoms with E-state index in [1.165, 1.54) is 43.5 Å². The summed E-state index contributed by atoms with van der Waals surface area (Å²) in [5, 5.41) is 2.97. The molecule has 0 spiro atoms. The SMILES string of the molecule is Cc1ccc(/C=C/C(=O)NCc2cccc(CN3CCCCC3)c2)cc1. The Hall–Kier alpha value is -2.39. The second kappa shape index (κ2) is 9.35. The first kappa shape index (κ1) is 18.4. The summed E-state index contributed by atoms with van der Waals surface area (Å²) in [6.07, 6.45) is 7.43. The Morgan fingerprint density at radius 1 is 1.04 bits per heavy atom. The van der Waals surface area contributed by atoms with Crippen LogP contribution in [0, 0.1) is 6.92 Å². The number of hydrogen-bond acceptors (Lipinski definition) is 2. The number of rotatable bonds is 6. The van der Waals surface area contributed by atoms with E-state index in [1.807, 2.05) is 30.3 Å². The standard InChI is InChI=1S/C23H28N2O/c1-19-8-10-20(11-9-19)12-13-23(26)24-17-21-6-5-7-22(16-21)18-25-14-3-2-4-15-25/h5-13,16H,2-4,14-15,17-18H2,1H3,(H,24,26)/b13-12+. The third kappa shape index (κ3) is 5.85. The fourth-order valence-corrected chi connectivity index (χ4v) is 3.31. The van der Waals surface area contributed by atoms with E-state index in [4.69, 9.17) is 0 Å². The smallest absolute Gasteiger partial charge is 0.244 e. The number of carbonyl (C=O) groups is 1. The maximum Gasteiger partial charge on any atom is 0.244 e. The van der Waals surface area contributed by atoms with Gasteiger partial charge >= 0.3 is 0 Å². The lowest BCUT2D eigenvalue weighted by molar-refractivity contribution is -0.116. The molecule has 1 fully saturated rings. The van der Waals surface area contributed by atoms with Gasteiger partial charge in [0.25, 0.3) is 0 Å². The molecule has 1 heterocycles. The highest BCUT2D eigenvalue weighted by molar-refractivity contribution is 5.91. The Morgan fingerprint density at radius 2 is 1.77 bits per heavy atom. The summed E-state index contributed by atoms with van der Waals surface area (Å²) in [6.45, 7) is 6.02. The van der Waals surface area contributed by atoms with Crippen molar-refractivity contribution in [2.45, 2.75) is 39.3 Å². The summed E-state index contributed by atoms with van der Waals surface area (Å²) in [5.74, 6) is -0.0630. The Labute approximate surface area is 156 Å². The van der Waals surface area contributed by atoms with Crippen LogP contribution in [0.3, 0.4) is 0 Å². The van der Waals surface area contributed by atoms with Crippen molar-refractivity contribution in [1.29, 1.82) is 0 Å². The highest BCUT2D eigenvalue weighted by Crippen LogP contribution is 2.14. The van der Waals surface area contributed by atoms with Crippen LogP contribution in [0.5, 0.6) is 0 Å². The van der Waals surface area contributed by atoms with Gasteiger partial charge in [-0.25, -0.2) is 0 Å². The van der Waals surface area contributed by atoms with Gasteiger partial charge in [0.15, 0.2) is 0 Å². The number of amides is 1. The fraction of sp³-hybridized carbons (Fsp3) is 0.348. The van der Waals surface area contributed by atoms with Crippen molar-refractivity contribution in [3.05, 3.63) is 76.9 Å². The molecule has 2 aromatic rings. The molecule has 0 radical (unpaired) electrons. The fourth-order valence-electron chi connectivity index (χ4n) is 3.31. The zero-order valence-electron chi connectivity index (χ0n) is 15.6. The van der Waals surface area contributed by atoms with Crippen LogP contribution in [-0.2, 0) is 17.9 Å². The molecular formula is C23H28N2O. The number of carbonyl (C=O) groups excluding carboxylic acids is 1. The average Bonchev–Trinajstić information content (AvgIpc) is 2.67. The van der Waals surface area contributed by atoms with Gasteiger partial charge in [-0.15, -0.1) is 0 Å². The molecule has 1 amide bonds. The third-order valence-electron chi connectivity index (χ3n) is 4.82. The van der Waals surface area contributed by atoms with E-state index in [-0.39, 0.29) is 5.91 Å². The van der Waals surface area contributed by atoms with Crippen LogP contribution in [0.15, 0.2) is 54.6 Å². The lowest BCUT2D eigenvalue weighted by atomic mass is 10.1. The van der Waals surface area contributed by atoms with Crippen molar-refractivity contribution in [1.82, 2.24) is 10.2 Å². The second-order valence-corrected chi connectivity index (χ2v) is 7.12. The van der Waals surface area contributed by atoms with E-state index in [0.717, 1.165) is 17.7 Å². The van der Waals surface area contributed by atoms with Crippen molar-refractivity contribution in [3.63, 3.8) is 0 Å². The molecule has 1 aliphatic heterocycles. The largest absolute Gasteiger partial charge is 0.348 e. The molecule has 0 atom stereocenters. The summed E-state index contributed by atoms with van der Waals surface area (Å²) >= 11 is 0. The topological polar surface area (TPSA) is 32.3 Å². The molecule has 1 saturated heterocycles. The van der Waals surface area contributed by atoms with Crippen LogP contribution in [0.25, 0.3) is 6.08 Å². The molecular weight excluding hydrogens is 320 g/mol. The maximum absolute atomic E-state index is 12.1. The van der Waals surface area contributed by atoms with Crippen molar-refractivity contribution < 1.29 is 4.79 Å². The predicted molar refractivity (Wildman–Crippen MR) is 108 cm³/mol. The molecule has 0 bridgehead atoms. The van der Waals surface area contributed by atoms with E-state index < -0.39 is 0 Å². The van der Waals surface area contributed by atoms with E-state index in [9.17, 15) is 4.79 Å². The van der Waals surface area contributed by atoms with E-state index in [2.05, 4.69) is 41.4 Å². The molecule has 136 valence electrons. The van der Waals surface area contributed by atoms with Gasteiger partial charge in [-0.05, 0) is 55.6 Å². The van der Waals surface area contributed by atoms with Gasteiger partial charge in [-0.3, -0.25) is 9.69 Å². The third-order valence-corrected chi connectivity index (χ3v) is 4.82. The highest BCUT2D eigenvalue weighted by atomic mass is 16.1. The van der Waals surface area contributed by atoms with Crippen molar-refractivity contribution >= 4 is 12.0 Å². The van der Waals surface area contributed by atoms with E-state index in [1.54, 1.807) is 6.08 Å². The number of benzene rings is 2. The molecule has 1 aliphatic rings. The van der Waals surface area contributed by atoms with Gasteiger partial charge in [0, 0.05) is 19.2 Å². The minimum atomic E-state index is -0.0630. The Kier molecular flexibility index (Phi) is 6.62. The van der Waals surface area contributed by atoms with Crippen LogP contribution < -0.4 is 5.32 Å². The van der Waals surface area contributed by atoms with Crippen molar-refractivity contribution in [3.8, 4) is 0 Å². The first-order chi connectivity index (χ1) is 12.7. The molecule has 3 heteroatoms. The van der Waals surface area contributed by atoms with Gasteiger partial charge in [0.1, 0.15) is 0 Å². The summed E-state index contributed by atoms with van der Waals surface area (Å²) in [6, 6.07) is 16.7. The molecule has 1 N–H and O–H groups in total. The Balaban J connectivity index is 1.49. The second-order valence-electron chi connectivity index (χ2n) is 7.12. The molecule has 0 saturated carbocycles. The minimum Gasteiger partial charge on any atom is -0.348 e. The number of likely N-dealkylation sites (tertiary alicyclic amines) is 1. The number of nitrogens with one attached hydrogen (secondary N) is 1. The van der Waals surface area contributed by atoms with Gasteiger partial charge in [0.2, 0.25) is 5.91 Å². The number of piperidine rings is 1. The van der Waals surface area contributed by atoms with Gasteiger partial charge in [-0.1, -0.05) is 60.5 Å². The molecule has 0 unspecified atom stereocenters. The van der Waals surface area contributed by atoms with E-state index in [0.29, 0.717) is 6.54 Å². The normalized spacial score (nSPS) is 15.3. The molecule has 0 aromatic heterocycles. The van der Waals surface area contributed by atoms with Crippen molar-refractivity contribution in [2.24, 2.45) is 0 Å². The van der Waals surface area contributed by atoms with E-state index >= 15 is 0 Å². The molecule has 0 aliphatic carbocycles. The predicted octanol–water partition coefficient (Wildman–Crippen LogP) is 4.31. The van der Waals surface area contributed by atoms with Gasteiger partial charge in [-0.2, -0.15) is 0 Å². The minimum absolute atomic E-state index is 0.0630. The number of hydrogen-bond donors (Lipinski definition) is 1. The monoisotopic (exact) mass is 348 g/mol. The van der Waals surface area contributed by atoms with Crippen LogP contribution >= 0.6 is 0 Å². The Bertz CT molecular complexity index is 743. The summed E-state index contributed by atoms with van der Waals surface area (Å²) in [5.41, 5.74) is 4.73. The number of nitrogens with zero attached hydrogens (tertiary/aromatic N) is 1. The Morgan fingerprint density at radius 3 is 2.54 bits per heavy atom. The molecule has 2 aromatic carbocycles. The van der Waals surface area contributed by atoms with Crippen LogP contribution in [-0.4, -0.2) is 23.9 Å². The summed E-state index contributed by atoms with van der Waals surface area (Å²) in [7, 11) is 0. The van der Waals surface area contributed by atoms with Gasteiger partial charge in [0.05, 0.1) is 0 Å². The number of aryl methyl sites for hydroxylation is 1. The zero-order chi connectivity index (χ0) is 18.2. The lowest BCUT2D eigenvalue weighted by Gasteiger charge is -2.26. The maximum atomic E-state index is 12.1. The van der Waals surface area contributed by atoms with Crippen LogP contribution in [0.4, 0.5) is 0 Å².